The van der Waals surface area contributed by atoms with Crippen LogP contribution in [0.5, 0.6) is 0 Å². The number of halogens is 1. The summed E-state index contributed by atoms with van der Waals surface area (Å²) in [6.45, 7) is 8.76. The average molecular weight is 338 g/mol. The molecule has 0 saturated carbocycles. The molecule has 0 fully saturated rings. The topological polar surface area (TPSA) is 12.0 Å². The van der Waals surface area contributed by atoms with E-state index in [0.717, 1.165) is 0 Å². The van der Waals surface area contributed by atoms with Gasteiger partial charge >= 0.3 is 0 Å². The van der Waals surface area contributed by atoms with Crippen molar-refractivity contribution >= 4 is 27.3 Å². The van der Waals surface area contributed by atoms with Crippen LogP contribution in [-0.2, 0) is 0 Å². The fourth-order valence-electron chi connectivity index (χ4n) is 2.85. The highest BCUT2D eigenvalue weighted by Crippen LogP contribution is 2.36. The van der Waals surface area contributed by atoms with Gasteiger partial charge in [0.05, 0.1) is 9.83 Å². The Kier molecular flexibility index (Phi) is 4.49. The largest absolute Gasteiger partial charge is 0.309 e. The van der Waals surface area contributed by atoms with E-state index in [0.29, 0.717) is 0 Å². The first-order valence-corrected chi connectivity index (χ1v) is 8.05. The zero-order valence-corrected chi connectivity index (χ0v) is 14.5. The van der Waals surface area contributed by atoms with Crippen LogP contribution in [0.3, 0.4) is 0 Å². The second kappa shape index (κ2) is 5.78. The van der Waals surface area contributed by atoms with E-state index in [-0.39, 0.29) is 6.04 Å². The number of hydrogen-bond acceptors (Lipinski definition) is 2. The third kappa shape index (κ3) is 2.93. The van der Waals surface area contributed by atoms with Crippen molar-refractivity contribution in [1.82, 2.24) is 5.32 Å². The van der Waals surface area contributed by atoms with Crippen LogP contribution in [0.2, 0.25) is 0 Å². The molecule has 0 saturated heterocycles. The van der Waals surface area contributed by atoms with Crippen LogP contribution in [0.25, 0.3) is 0 Å². The van der Waals surface area contributed by atoms with Gasteiger partial charge in [0.25, 0.3) is 0 Å². The summed E-state index contributed by atoms with van der Waals surface area (Å²) in [5.41, 5.74) is 6.82. The Balaban J connectivity index is 2.57. The van der Waals surface area contributed by atoms with Gasteiger partial charge in [-0.05, 0) is 79.0 Å². The molecule has 3 heteroatoms. The zero-order chi connectivity index (χ0) is 14.2. The molecular formula is C16H20BrNS. The molecule has 0 aliphatic rings. The van der Waals surface area contributed by atoms with Gasteiger partial charge in [0.1, 0.15) is 0 Å². The van der Waals surface area contributed by atoms with E-state index < -0.39 is 0 Å². The lowest BCUT2D eigenvalue weighted by atomic mass is 9.90. The number of hydrogen-bond donors (Lipinski definition) is 1. The van der Waals surface area contributed by atoms with Crippen LogP contribution in [0, 0.1) is 27.7 Å². The van der Waals surface area contributed by atoms with Crippen molar-refractivity contribution in [3.63, 3.8) is 0 Å². The maximum atomic E-state index is 3.59. The van der Waals surface area contributed by atoms with E-state index in [1.807, 2.05) is 7.05 Å². The van der Waals surface area contributed by atoms with Crippen molar-refractivity contribution in [3.05, 3.63) is 54.7 Å². The molecule has 1 nitrogen and oxygen atoms in total. The molecule has 0 aliphatic heterocycles. The quantitative estimate of drug-likeness (QED) is 0.825. The Bertz CT molecular complexity index is 578. The molecule has 2 rings (SSSR count). The predicted molar refractivity (Wildman–Crippen MR) is 88.3 cm³/mol. The minimum atomic E-state index is 0.267. The van der Waals surface area contributed by atoms with Crippen molar-refractivity contribution < 1.29 is 0 Å². The predicted octanol–water partition coefficient (Wildman–Crippen LogP) is 5.05. The van der Waals surface area contributed by atoms with Gasteiger partial charge in [-0.3, -0.25) is 0 Å². The van der Waals surface area contributed by atoms with E-state index in [2.05, 4.69) is 67.1 Å². The Morgan fingerprint density at radius 1 is 1.05 bits per heavy atom. The van der Waals surface area contributed by atoms with Crippen molar-refractivity contribution in [2.45, 2.75) is 33.7 Å². The molecule has 1 aromatic heterocycles. The maximum Gasteiger partial charge on any atom is 0.0704 e. The van der Waals surface area contributed by atoms with Crippen LogP contribution in [-0.4, -0.2) is 7.05 Å². The van der Waals surface area contributed by atoms with Crippen LogP contribution in [0.15, 0.2) is 22.0 Å². The summed E-state index contributed by atoms with van der Waals surface area (Å²) in [6, 6.07) is 7.04. The normalized spacial score (nSPS) is 12.7. The second-order valence-corrected chi connectivity index (χ2v) is 7.73. The fraction of sp³-hybridized carbons (Fsp3) is 0.375. The molecular weight excluding hydrogens is 318 g/mol. The summed E-state index contributed by atoms with van der Waals surface area (Å²) in [7, 11) is 2.04. The van der Waals surface area contributed by atoms with E-state index in [1.54, 1.807) is 11.3 Å². The molecule has 102 valence electrons. The van der Waals surface area contributed by atoms with Crippen molar-refractivity contribution in [2.24, 2.45) is 0 Å². The lowest BCUT2D eigenvalue weighted by molar-refractivity contribution is 0.682. The number of aryl methyl sites for hydroxylation is 4. The highest BCUT2D eigenvalue weighted by molar-refractivity contribution is 9.11. The third-order valence-corrected chi connectivity index (χ3v) is 5.12. The first-order chi connectivity index (χ1) is 8.93. The molecule has 1 atom stereocenters. The molecule has 0 aliphatic carbocycles. The molecule has 0 bridgehead atoms. The molecule has 0 amide bonds. The van der Waals surface area contributed by atoms with Crippen molar-refractivity contribution in [1.29, 1.82) is 0 Å². The molecule has 1 aromatic carbocycles. The van der Waals surface area contributed by atoms with Gasteiger partial charge in [0.2, 0.25) is 0 Å². The zero-order valence-electron chi connectivity index (χ0n) is 12.1. The maximum absolute atomic E-state index is 3.59. The van der Waals surface area contributed by atoms with Gasteiger partial charge in [-0.1, -0.05) is 17.7 Å². The summed E-state index contributed by atoms with van der Waals surface area (Å²) in [6.07, 6.45) is 0. The minimum Gasteiger partial charge on any atom is -0.309 e. The lowest BCUT2D eigenvalue weighted by Gasteiger charge is -2.22. The van der Waals surface area contributed by atoms with Gasteiger partial charge in [0, 0.05) is 4.88 Å². The Morgan fingerprint density at radius 2 is 1.63 bits per heavy atom. The van der Waals surface area contributed by atoms with Gasteiger partial charge < -0.3 is 5.32 Å². The standard InChI is InChI=1S/C16H20BrNS/c1-9-6-10(2)15(11(3)7-9)16(18-5)13-8-14(17)19-12(13)4/h6-8,16,18H,1-5H3. The Labute approximate surface area is 128 Å². The number of rotatable bonds is 3. The first kappa shape index (κ1) is 14.8. The highest BCUT2D eigenvalue weighted by Gasteiger charge is 2.20. The minimum absolute atomic E-state index is 0.267. The third-order valence-electron chi connectivity index (χ3n) is 3.55. The van der Waals surface area contributed by atoms with Crippen molar-refractivity contribution in [2.75, 3.05) is 7.05 Å². The average Bonchev–Trinajstić information content (AvgIpc) is 2.62. The summed E-state index contributed by atoms with van der Waals surface area (Å²) >= 11 is 5.39. The van der Waals surface area contributed by atoms with Gasteiger partial charge in [-0.15, -0.1) is 11.3 Å². The molecule has 0 spiro atoms. The lowest BCUT2D eigenvalue weighted by Crippen LogP contribution is -2.20. The molecule has 19 heavy (non-hydrogen) atoms. The van der Waals surface area contributed by atoms with E-state index in [1.165, 1.54) is 36.5 Å². The summed E-state index contributed by atoms with van der Waals surface area (Å²) in [4.78, 5) is 1.37. The van der Waals surface area contributed by atoms with Crippen LogP contribution in [0.4, 0.5) is 0 Å². The van der Waals surface area contributed by atoms with Crippen LogP contribution >= 0.6 is 27.3 Å². The molecule has 1 N–H and O–H groups in total. The first-order valence-electron chi connectivity index (χ1n) is 6.45. The molecule has 1 heterocycles. The molecule has 0 radical (unpaired) electrons. The monoisotopic (exact) mass is 337 g/mol. The molecule has 1 unspecified atom stereocenters. The van der Waals surface area contributed by atoms with Gasteiger partial charge in [0.15, 0.2) is 0 Å². The van der Waals surface area contributed by atoms with E-state index in [9.17, 15) is 0 Å². The Morgan fingerprint density at radius 3 is 2.05 bits per heavy atom. The highest BCUT2D eigenvalue weighted by atomic mass is 79.9. The van der Waals surface area contributed by atoms with E-state index >= 15 is 0 Å². The van der Waals surface area contributed by atoms with Crippen LogP contribution in [0.1, 0.15) is 38.7 Å². The second-order valence-electron chi connectivity index (χ2n) is 5.10. The summed E-state index contributed by atoms with van der Waals surface area (Å²) in [5, 5.41) is 3.48. The van der Waals surface area contributed by atoms with Gasteiger partial charge in [-0.2, -0.15) is 0 Å². The SMILES string of the molecule is CNC(c1cc(Br)sc1C)c1c(C)cc(C)cc1C. The Hall–Kier alpha value is -0.640. The van der Waals surface area contributed by atoms with Crippen molar-refractivity contribution in [3.8, 4) is 0 Å². The fourth-order valence-corrected chi connectivity index (χ4v) is 4.60. The smallest absolute Gasteiger partial charge is 0.0704 e. The van der Waals surface area contributed by atoms with E-state index in [4.69, 9.17) is 0 Å². The van der Waals surface area contributed by atoms with Gasteiger partial charge in [-0.25, -0.2) is 0 Å². The van der Waals surface area contributed by atoms with Crippen LogP contribution < -0.4 is 5.32 Å². The number of nitrogens with one attached hydrogen (secondary N) is 1. The number of thiophene rings is 1. The summed E-state index contributed by atoms with van der Waals surface area (Å²) in [5.74, 6) is 0. The number of benzene rings is 1. The molecule has 2 aromatic rings. The summed E-state index contributed by atoms with van der Waals surface area (Å²) < 4.78 is 1.20.